The molecule has 2 fully saturated rings. The van der Waals surface area contributed by atoms with Crippen LogP contribution in [0.2, 0.25) is 0 Å². The van der Waals surface area contributed by atoms with Crippen molar-refractivity contribution in [1.82, 2.24) is 14.4 Å². The van der Waals surface area contributed by atoms with E-state index in [0.29, 0.717) is 18.0 Å². The van der Waals surface area contributed by atoms with E-state index in [4.69, 9.17) is 0 Å². The quantitative estimate of drug-likeness (QED) is 0.744. The summed E-state index contributed by atoms with van der Waals surface area (Å²) in [6.07, 6.45) is 5.59. The maximum atomic E-state index is 12.7. The van der Waals surface area contributed by atoms with E-state index in [0.717, 1.165) is 46.4 Å². The minimum atomic E-state index is -0.403. The summed E-state index contributed by atoms with van der Waals surface area (Å²) in [7, 11) is 0. The van der Waals surface area contributed by atoms with Crippen LogP contribution in [-0.2, 0) is 9.59 Å². The summed E-state index contributed by atoms with van der Waals surface area (Å²) < 4.78 is 1.97. The van der Waals surface area contributed by atoms with Crippen LogP contribution in [0.4, 0.5) is 4.79 Å². The van der Waals surface area contributed by atoms with E-state index >= 15 is 0 Å². The van der Waals surface area contributed by atoms with E-state index < -0.39 is 11.1 Å². The molecule has 3 amide bonds. The zero-order valence-corrected chi connectivity index (χ0v) is 16.4. The van der Waals surface area contributed by atoms with Crippen LogP contribution in [-0.4, -0.2) is 51.1 Å². The molecular weight excluding hydrogens is 374 g/mol. The number of benzene rings is 1. The maximum Gasteiger partial charge on any atom is 0.294 e. The molecule has 144 valence electrons. The number of nitrogens with zero attached hydrogens (tertiary/aromatic N) is 3. The van der Waals surface area contributed by atoms with Crippen molar-refractivity contribution in [2.45, 2.75) is 19.8 Å². The predicted octanol–water partition coefficient (Wildman–Crippen LogP) is 3.44. The molecule has 0 saturated carbocycles. The van der Waals surface area contributed by atoms with E-state index in [2.05, 4.69) is 6.07 Å². The van der Waals surface area contributed by atoms with Crippen LogP contribution in [0.5, 0.6) is 0 Å². The fraction of sp³-hybridized carbons (Fsp3) is 0.286. The lowest BCUT2D eigenvalue weighted by atomic mass is 10.2. The molecule has 7 heteroatoms. The molecule has 3 heterocycles. The van der Waals surface area contributed by atoms with Crippen molar-refractivity contribution < 1.29 is 14.4 Å². The highest BCUT2D eigenvalue weighted by Crippen LogP contribution is 2.32. The van der Waals surface area contributed by atoms with Crippen molar-refractivity contribution in [3.05, 3.63) is 58.8 Å². The highest BCUT2D eigenvalue weighted by Gasteiger charge is 2.37. The third kappa shape index (κ3) is 3.62. The first-order chi connectivity index (χ1) is 13.5. The molecule has 4 rings (SSSR count). The lowest BCUT2D eigenvalue weighted by molar-refractivity contribution is -0.135. The molecule has 2 aliphatic rings. The van der Waals surface area contributed by atoms with Crippen LogP contribution in [0.15, 0.2) is 47.5 Å². The fourth-order valence-corrected chi connectivity index (χ4v) is 4.32. The van der Waals surface area contributed by atoms with Gasteiger partial charge < -0.3 is 9.47 Å². The molecule has 2 aromatic rings. The van der Waals surface area contributed by atoms with Gasteiger partial charge in [-0.3, -0.25) is 19.3 Å². The van der Waals surface area contributed by atoms with Gasteiger partial charge in [-0.1, -0.05) is 12.1 Å². The number of thioether (sulfide) groups is 1. The van der Waals surface area contributed by atoms with Gasteiger partial charge in [-0.15, -0.1) is 0 Å². The standard InChI is InChI=1S/C21H21N3O3S/c1-15-6-4-7-16(12-15)23-11-5-8-17(23)13-18-20(26)24(21(27)28-18)14-19(25)22-9-2-3-10-22/h4-8,11-13H,2-3,9-10,14H2,1H3. The summed E-state index contributed by atoms with van der Waals surface area (Å²) in [5.74, 6) is -0.566. The van der Waals surface area contributed by atoms with Gasteiger partial charge in [-0.05, 0) is 67.4 Å². The average molecular weight is 395 g/mol. The summed E-state index contributed by atoms with van der Waals surface area (Å²) in [6.45, 7) is 3.25. The first-order valence-corrected chi connectivity index (χ1v) is 10.1. The lowest BCUT2D eigenvalue weighted by Gasteiger charge is -2.18. The predicted molar refractivity (Wildman–Crippen MR) is 109 cm³/mol. The van der Waals surface area contributed by atoms with Crippen molar-refractivity contribution in [2.24, 2.45) is 0 Å². The number of rotatable bonds is 4. The molecule has 1 aromatic carbocycles. The van der Waals surface area contributed by atoms with Gasteiger partial charge in [0.15, 0.2) is 0 Å². The molecule has 0 radical (unpaired) electrons. The van der Waals surface area contributed by atoms with E-state index in [9.17, 15) is 14.4 Å². The minimum Gasteiger partial charge on any atom is -0.341 e. The van der Waals surface area contributed by atoms with Crippen molar-refractivity contribution in [3.8, 4) is 5.69 Å². The SMILES string of the molecule is Cc1cccc(-n2cccc2C=C2SC(=O)N(CC(=O)N3CCCC3)C2=O)c1. The Morgan fingerprint density at radius 3 is 2.68 bits per heavy atom. The van der Waals surface area contributed by atoms with Gasteiger partial charge in [0.2, 0.25) is 5.91 Å². The van der Waals surface area contributed by atoms with E-state index in [1.54, 1.807) is 11.0 Å². The van der Waals surface area contributed by atoms with Gasteiger partial charge in [-0.25, -0.2) is 0 Å². The molecule has 0 aliphatic carbocycles. The highest BCUT2D eigenvalue weighted by molar-refractivity contribution is 8.18. The van der Waals surface area contributed by atoms with Crippen molar-refractivity contribution in [2.75, 3.05) is 19.6 Å². The van der Waals surface area contributed by atoms with E-state index in [-0.39, 0.29) is 12.5 Å². The average Bonchev–Trinajstić information content (AvgIpc) is 3.40. The largest absolute Gasteiger partial charge is 0.341 e. The topological polar surface area (TPSA) is 62.6 Å². The Labute approximate surface area is 167 Å². The van der Waals surface area contributed by atoms with Crippen LogP contribution >= 0.6 is 11.8 Å². The highest BCUT2D eigenvalue weighted by atomic mass is 32.2. The molecule has 0 bridgehead atoms. The molecule has 6 nitrogen and oxygen atoms in total. The molecule has 2 aliphatic heterocycles. The summed E-state index contributed by atoms with van der Waals surface area (Å²) in [4.78, 5) is 40.5. The van der Waals surface area contributed by atoms with Crippen LogP contribution in [0.1, 0.15) is 24.1 Å². The Hall–Kier alpha value is -2.80. The molecule has 1 aromatic heterocycles. The Morgan fingerprint density at radius 1 is 1.14 bits per heavy atom. The fourth-order valence-electron chi connectivity index (χ4n) is 3.50. The van der Waals surface area contributed by atoms with Crippen molar-refractivity contribution >= 4 is 34.9 Å². The molecule has 0 N–H and O–H groups in total. The van der Waals surface area contributed by atoms with Gasteiger partial charge >= 0.3 is 0 Å². The van der Waals surface area contributed by atoms with Crippen LogP contribution in [0.3, 0.4) is 0 Å². The number of amides is 3. The third-order valence-corrected chi connectivity index (χ3v) is 5.87. The van der Waals surface area contributed by atoms with Crippen LogP contribution < -0.4 is 0 Å². The normalized spacial score (nSPS) is 18.5. The number of hydrogen-bond donors (Lipinski definition) is 0. The Morgan fingerprint density at radius 2 is 1.93 bits per heavy atom. The van der Waals surface area contributed by atoms with Crippen LogP contribution in [0, 0.1) is 6.92 Å². The second-order valence-electron chi connectivity index (χ2n) is 7.00. The second-order valence-corrected chi connectivity index (χ2v) is 7.99. The zero-order valence-electron chi connectivity index (χ0n) is 15.6. The second kappa shape index (κ2) is 7.67. The molecule has 0 atom stereocenters. The Balaban J connectivity index is 1.55. The number of likely N-dealkylation sites (tertiary alicyclic amines) is 1. The van der Waals surface area contributed by atoms with Crippen molar-refractivity contribution in [3.63, 3.8) is 0 Å². The lowest BCUT2D eigenvalue weighted by Crippen LogP contribution is -2.40. The summed E-state index contributed by atoms with van der Waals surface area (Å²) in [5, 5.41) is -0.391. The van der Waals surface area contributed by atoms with Gasteiger partial charge in [-0.2, -0.15) is 0 Å². The number of carbonyl (C=O) groups is 3. The van der Waals surface area contributed by atoms with Gasteiger partial charge in [0, 0.05) is 30.7 Å². The van der Waals surface area contributed by atoms with Gasteiger partial charge in [0.05, 0.1) is 4.91 Å². The first-order valence-electron chi connectivity index (χ1n) is 9.30. The van der Waals surface area contributed by atoms with Crippen molar-refractivity contribution in [1.29, 1.82) is 0 Å². The maximum absolute atomic E-state index is 12.7. The van der Waals surface area contributed by atoms with Gasteiger partial charge in [0.25, 0.3) is 11.1 Å². The molecular formula is C21H21N3O3S. The summed E-state index contributed by atoms with van der Waals surface area (Å²) in [5.41, 5.74) is 2.93. The number of aromatic nitrogens is 1. The molecule has 0 unspecified atom stereocenters. The monoisotopic (exact) mass is 395 g/mol. The number of imide groups is 1. The van der Waals surface area contributed by atoms with Gasteiger partial charge in [0.1, 0.15) is 6.54 Å². The zero-order chi connectivity index (χ0) is 19.7. The summed E-state index contributed by atoms with van der Waals surface area (Å²) in [6, 6.07) is 11.8. The number of carbonyl (C=O) groups excluding carboxylic acids is 3. The summed E-state index contributed by atoms with van der Waals surface area (Å²) >= 11 is 0.886. The molecule has 28 heavy (non-hydrogen) atoms. The van der Waals surface area contributed by atoms with Crippen LogP contribution in [0.25, 0.3) is 11.8 Å². The Bertz CT molecular complexity index is 973. The van der Waals surface area contributed by atoms with E-state index in [1.807, 2.05) is 48.0 Å². The van der Waals surface area contributed by atoms with E-state index in [1.165, 1.54) is 0 Å². The first kappa shape index (κ1) is 18.6. The third-order valence-electron chi connectivity index (χ3n) is 4.96. The number of aryl methyl sites for hydroxylation is 1. The number of hydrogen-bond acceptors (Lipinski definition) is 4. The molecule has 2 saturated heterocycles. The minimum absolute atomic E-state index is 0.163. The smallest absolute Gasteiger partial charge is 0.294 e. The molecule has 0 spiro atoms. The Kier molecular flexibility index (Phi) is 5.09.